The normalized spacial score (nSPS) is 16.5. The van der Waals surface area contributed by atoms with E-state index in [1.54, 1.807) is 31.3 Å². The maximum Gasteiger partial charge on any atom is 0.253 e. The number of carbonyl (C=O) groups excluding carboxylic acids is 1. The first-order valence-electron chi connectivity index (χ1n) is 12.6. The molecule has 10 nitrogen and oxygen atoms in total. The zero-order valence-electron chi connectivity index (χ0n) is 21.5. The third-order valence-electron chi connectivity index (χ3n) is 7.02. The Balaban J connectivity index is 1.19. The third-order valence-corrected chi connectivity index (χ3v) is 8.94. The van der Waals surface area contributed by atoms with Crippen molar-refractivity contribution in [1.82, 2.24) is 19.4 Å². The van der Waals surface area contributed by atoms with Crippen LogP contribution in [-0.4, -0.2) is 87.2 Å². The third kappa shape index (κ3) is 5.16. The molecule has 11 heteroatoms. The lowest BCUT2D eigenvalue weighted by Crippen LogP contribution is -2.49. The zero-order chi connectivity index (χ0) is 26.7. The van der Waals surface area contributed by atoms with Gasteiger partial charge in [-0.2, -0.15) is 4.31 Å². The summed E-state index contributed by atoms with van der Waals surface area (Å²) in [7, 11) is -0.306. The highest BCUT2D eigenvalue weighted by atomic mass is 32.2. The molecule has 2 saturated heterocycles. The largest absolute Gasteiger partial charge is 0.493 e. The zero-order valence-corrected chi connectivity index (χ0v) is 22.4. The average Bonchev–Trinajstić information content (AvgIpc) is 3.53. The van der Waals surface area contributed by atoms with Crippen LogP contribution in [0.25, 0.3) is 11.3 Å². The number of aromatic nitrogens is 2. The number of carbonyl (C=O) groups is 1. The van der Waals surface area contributed by atoms with Crippen molar-refractivity contribution in [2.45, 2.75) is 17.7 Å². The van der Waals surface area contributed by atoms with Crippen molar-refractivity contribution in [1.29, 1.82) is 0 Å². The van der Waals surface area contributed by atoms with Crippen LogP contribution in [0.1, 0.15) is 23.2 Å². The van der Waals surface area contributed by atoms with E-state index in [1.807, 2.05) is 30.3 Å². The van der Waals surface area contributed by atoms with Gasteiger partial charge in [0.2, 0.25) is 10.0 Å². The van der Waals surface area contributed by atoms with Gasteiger partial charge in [-0.05, 0) is 67.4 Å². The van der Waals surface area contributed by atoms with Crippen LogP contribution in [0.5, 0.6) is 11.5 Å². The minimum Gasteiger partial charge on any atom is -0.493 e. The Morgan fingerprint density at radius 2 is 1.47 bits per heavy atom. The summed E-state index contributed by atoms with van der Waals surface area (Å²) in [5.74, 6) is 1.92. The fourth-order valence-electron chi connectivity index (χ4n) is 4.81. The van der Waals surface area contributed by atoms with Crippen LogP contribution in [0, 0.1) is 0 Å². The molecule has 200 valence electrons. The lowest BCUT2D eigenvalue weighted by Gasteiger charge is -2.35. The molecule has 2 aromatic carbocycles. The number of amides is 1. The lowest BCUT2D eigenvalue weighted by molar-refractivity contribution is 0.0746. The van der Waals surface area contributed by atoms with Gasteiger partial charge < -0.3 is 19.3 Å². The number of ether oxygens (including phenoxy) is 2. The van der Waals surface area contributed by atoms with Crippen molar-refractivity contribution in [2.75, 3.05) is 58.4 Å². The van der Waals surface area contributed by atoms with Gasteiger partial charge in [0.1, 0.15) is 0 Å². The van der Waals surface area contributed by atoms with Crippen LogP contribution in [0.3, 0.4) is 0 Å². The van der Waals surface area contributed by atoms with Crippen LogP contribution in [0.15, 0.2) is 59.5 Å². The fourth-order valence-corrected chi connectivity index (χ4v) is 6.33. The van der Waals surface area contributed by atoms with Gasteiger partial charge >= 0.3 is 0 Å². The maximum atomic E-state index is 13.1. The van der Waals surface area contributed by atoms with Gasteiger partial charge in [-0.15, -0.1) is 10.2 Å². The lowest BCUT2D eigenvalue weighted by atomic mass is 10.1. The topological polar surface area (TPSA) is 105 Å². The van der Waals surface area contributed by atoms with Crippen LogP contribution in [0.4, 0.5) is 5.82 Å². The molecule has 3 aromatic rings. The van der Waals surface area contributed by atoms with E-state index < -0.39 is 10.0 Å². The van der Waals surface area contributed by atoms with Crippen LogP contribution < -0.4 is 14.4 Å². The standard InChI is InChI=1S/C27H31N5O5S/c1-36-24-11-7-21(19-25(24)37-2)23-10-12-26(29-28-23)30-15-17-31(18-16-30)27(33)20-5-8-22(9-6-20)38(34,35)32-13-3-4-14-32/h5-12,19H,3-4,13-18H2,1-2H3. The second kappa shape index (κ2) is 11.0. The molecule has 0 unspecified atom stereocenters. The maximum absolute atomic E-state index is 13.1. The molecule has 0 bridgehead atoms. The number of hydrogen-bond donors (Lipinski definition) is 0. The molecule has 2 fully saturated rings. The SMILES string of the molecule is COc1ccc(-c2ccc(N3CCN(C(=O)c4ccc(S(=O)(=O)N5CCCC5)cc4)CC3)nn2)cc1OC. The number of anilines is 1. The molecule has 1 amide bonds. The molecule has 5 rings (SSSR count). The van der Waals surface area contributed by atoms with E-state index in [-0.39, 0.29) is 10.8 Å². The molecule has 0 N–H and O–H groups in total. The Labute approximate surface area is 222 Å². The number of rotatable bonds is 7. The summed E-state index contributed by atoms with van der Waals surface area (Å²) in [6, 6.07) is 15.7. The molecule has 0 saturated carbocycles. The number of benzene rings is 2. The van der Waals surface area contributed by atoms with E-state index in [0.29, 0.717) is 56.3 Å². The summed E-state index contributed by atoms with van der Waals surface area (Å²) in [6.45, 7) is 3.42. The Hall–Kier alpha value is -3.70. The van der Waals surface area contributed by atoms with Gasteiger partial charge in [-0.3, -0.25) is 4.79 Å². The molecule has 0 atom stereocenters. The van der Waals surface area contributed by atoms with Crippen LogP contribution in [-0.2, 0) is 10.0 Å². The smallest absolute Gasteiger partial charge is 0.253 e. The van der Waals surface area contributed by atoms with E-state index in [4.69, 9.17) is 9.47 Å². The van der Waals surface area contributed by atoms with Gasteiger partial charge in [0.15, 0.2) is 17.3 Å². The minimum absolute atomic E-state index is 0.107. The molecule has 3 heterocycles. The van der Waals surface area contributed by atoms with Crippen molar-refractivity contribution in [2.24, 2.45) is 0 Å². The molecule has 0 radical (unpaired) electrons. The average molecular weight is 538 g/mol. The summed E-state index contributed by atoms with van der Waals surface area (Å²) in [4.78, 5) is 17.2. The van der Waals surface area contributed by atoms with Crippen molar-refractivity contribution >= 4 is 21.7 Å². The Kier molecular flexibility index (Phi) is 7.48. The second-order valence-electron chi connectivity index (χ2n) is 9.26. The Morgan fingerprint density at radius 1 is 0.789 bits per heavy atom. The molecular formula is C27H31N5O5S. The summed E-state index contributed by atoms with van der Waals surface area (Å²) in [6.07, 6.45) is 1.77. The Bertz CT molecular complexity index is 1380. The first-order valence-corrected chi connectivity index (χ1v) is 14.1. The molecule has 2 aliphatic heterocycles. The van der Waals surface area contributed by atoms with Crippen molar-refractivity contribution < 1.29 is 22.7 Å². The van der Waals surface area contributed by atoms with Gasteiger partial charge in [-0.1, -0.05) is 0 Å². The van der Waals surface area contributed by atoms with E-state index in [2.05, 4.69) is 15.1 Å². The summed E-state index contributed by atoms with van der Waals surface area (Å²) in [5, 5.41) is 8.80. The van der Waals surface area contributed by atoms with Crippen molar-refractivity contribution in [3.05, 3.63) is 60.2 Å². The molecule has 0 aliphatic carbocycles. The van der Waals surface area contributed by atoms with Crippen molar-refractivity contribution in [3.8, 4) is 22.8 Å². The van der Waals surface area contributed by atoms with E-state index >= 15 is 0 Å². The van der Waals surface area contributed by atoms with Gasteiger partial charge in [0.25, 0.3) is 5.91 Å². The van der Waals surface area contributed by atoms with Gasteiger partial charge in [0, 0.05) is 50.4 Å². The predicted octanol–water partition coefficient (Wildman–Crippen LogP) is 2.91. The molecule has 0 spiro atoms. The van der Waals surface area contributed by atoms with E-state index in [1.165, 1.54) is 16.4 Å². The van der Waals surface area contributed by atoms with Gasteiger partial charge in [0.05, 0.1) is 24.8 Å². The number of hydrogen-bond acceptors (Lipinski definition) is 8. The van der Waals surface area contributed by atoms with Crippen LogP contribution in [0.2, 0.25) is 0 Å². The number of methoxy groups -OCH3 is 2. The summed E-state index contributed by atoms with van der Waals surface area (Å²) < 4.78 is 37.7. The monoisotopic (exact) mass is 537 g/mol. The van der Waals surface area contributed by atoms with E-state index in [9.17, 15) is 13.2 Å². The first-order chi connectivity index (χ1) is 18.4. The highest BCUT2D eigenvalue weighted by molar-refractivity contribution is 7.89. The number of piperazine rings is 1. The van der Waals surface area contributed by atoms with Gasteiger partial charge in [-0.25, -0.2) is 8.42 Å². The highest BCUT2D eigenvalue weighted by Crippen LogP contribution is 2.31. The van der Waals surface area contributed by atoms with Crippen LogP contribution >= 0.6 is 0 Å². The minimum atomic E-state index is -3.49. The number of nitrogens with zero attached hydrogens (tertiary/aromatic N) is 5. The molecular weight excluding hydrogens is 506 g/mol. The first kappa shape index (κ1) is 25.9. The molecule has 2 aliphatic rings. The summed E-state index contributed by atoms with van der Waals surface area (Å²) >= 11 is 0. The quantitative estimate of drug-likeness (QED) is 0.453. The molecule has 1 aromatic heterocycles. The van der Waals surface area contributed by atoms with E-state index in [0.717, 1.165) is 29.9 Å². The Morgan fingerprint density at radius 3 is 2.08 bits per heavy atom. The van der Waals surface area contributed by atoms with Crippen molar-refractivity contribution in [3.63, 3.8) is 0 Å². The second-order valence-corrected chi connectivity index (χ2v) is 11.2. The number of sulfonamides is 1. The summed E-state index contributed by atoms with van der Waals surface area (Å²) in [5.41, 5.74) is 2.08. The predicted molar refractivity (Wildman–Crippen MR) is 143 cm³/mol. The highest BCUT2D eigenvalue weighted by Gasteiger charge is 2.28. The molecule has 38 heavy (non-hydrogen) atoms. The fraction of sp³-hybridized carbons (Fsp3) is 0.370.